The second-order valence-corrected chi connectivity index (χ2v) is 6.52. The van der Waals surface area contributed by atoms with E-state index in [4.69, 9.17) is 19.7 Å². The standard InChI is InChI=1S/C19H20N8O/c1-2-15-20-7-8-27(15)19-24-17(14-4-6-22-16-13(14)3-5-21-16)23-18(25-19)26-9-11-28-12-10-26/h3-8H,2,9-12H2,1H3,(H,21,22). The van der Waals surface area contributed by atoms with E-state index in [1.807, 2.05) is 29.1 Å². The van der Waals surface area contributed by atoms with Gasteiger partial charge in [-0.05, 0) is 12.1 Å². The molecule has 0 radical (unpaired) electrons. The van der Waals surface area contributed by atoms with Crippen molar-refractivity contribution >= 4 is 17.0 Å². The number of aromatic nitrogens is 7. The van der Waals surface area contributed by atoms with Gasteiger partial charge in [0, 0.05) is 55.2 Å². The van der Waals surface area contributed by atoms with Crippen molar-refractivity contribution < 1.29 is 4.74 Å². The summed E-state index contributed by atoms with van der Waals surface area (Å²) in [4.78, 5) is 28.4. The first kappa shape index (κ1) is 16.8. The van der Waals surface area contributed by atoms with Crippen LogP contribution in [0.5, 0.6) is 0 Å². The minimum absolute atomic E-state index is 0.571. The SMILES string of the molecule is CCc1nccn1-c1nc(-c2ccnc3[nH]ccc23)nc(N2CCOCC2)n1. The number of nitrogens with zero attached hydrogens (tertiary/aromatic N) is 7. The van der Waals surface area contributed by atoms with Crippen LogP contribution < -0.4 is 4.90 Å². The second kappa shape index (κ2) is 7.01. The minimum Gasteiger partial charge on any atom is -0.378 e. The van der Waals surface area contributed by atoms with Gasteiger partial charge in [0.15, 0.2) is 5.82 Å². The van der Waals surface area contributed by atoms with Gasteiger partial charge in [-0.15, -0.1) is 0 Å². The molecule has 4 aromatic rings. The zero-order valence-corrected chi connectivity index (χ0v) is 15.5. The first-order valence-electron chi connectivity index (χ1n) is 9.37. The molecule has 0 saturated carbocycles. The number of aryl methyl sites for hydroxylation is 1. The molecule has 1 saturated heterocycles. The van der Waals surface area contributed by atoms with E-state index in [1.54, 1.807) is 12.4 Å². The summed E-state index contributed by atoms with van der Waals surface area (Å²) < 4.78 is 7.40. The maximum Gasteiger partial charge on any atom is 0.240 e. The minimum atomic E-state index is 0.571. The Balaban J connectivity index is 1.70. The van der Waals surface area contributed by atoms with Crippen LogP contribution in [0.25, 0.3) is 28.4 Å². The van der Waals surface area contributed by atoms with Crippen molar-refractivity contribution in [2.75, 3.05) is 31.2 Å². The fraction of sp³-hybridized carbons (Fsp3) is 0.316. The Morgan fingerprint density at radius 2 is 1.89 bits per heavy atom. The topological polar surface area (TPSA) is 97.6 Å². The highest BCUT2D eigenvalue weighted by molar-refractivity contribution is 5.90. The molecule has 5 rings (SSSR count). The number of aromatic amines is 1. The highest BCUT2D eigenvalue weighted by atomic mass is 16.5. The summed E-state index contributed by atoms with van der Waals surface area (Å²) >= 11 is 0. The molecular weight excluding hydrogens is 356 g/mol. The number of imidazole rings is 1. The van der Waals surface area contributed by atoms with E-state index in [2.05, 4.69) is 26.8 Å². The summed E-state index contributed by atoms with van der Waals surface area (Å²) in [7, 11) is 0. The van der Waals surface area contributed by atoms with Crippen molar-refractivity contribution in [2.45, 2.75) is 13.3 Å². The van der Waals surface area contributed by atoms with Crippen LogP contribution >= 0.6 is 0 Å². The summed E-state index contributed by atoms with van der Waals surface area (Å²) in [5.41, 5.74) is 1.73. The maximum absolute atomic E-state index is 5.48. The molecule has 9 heteroatoms. The van der Waals surface area contributed by atoms with E-state index in [0.29, 0.717) is 30.9 Å². The van der Waals surface area contributed by atoms with E-state index >= 15 is 0 Å². The zero-order chi connectivity index (χ0) is 18.9. The summed E-state index contributed by atoms with van der Waals surface area (Å²) in [5.74, 6) is 2.75. The molecule has 1 fully saturated rings. The van der Waals surface area contributed by atoms with Crippen molar-refractivity contribution in [1.29, 1.82) is 0 Å². The number of rotatable bonds is 4. The van der Waals surface area contributed by atoms with Crippen LogP contribution in [-0.2, 0) is 11.2 Å². The highest BCUT2D eigenvalue weighted by Gasteiger charge is 2.19. The van der Waals surface area contributed by atoms with Crippen LogP contribution in [0.1, 0.15) is 12.7 Å². The molecule has 0 amide bonds. The van der Waals surface area contributed by atoms with Gasteiger partial charge in [0.2, 0.25) is 11.9 Å². The predicted octanol–water partition coefficient (Wildman–Crippen LogP) is 2.00. The van der Waals surface area contributed by atoms with Crippen molar-refractivity contribution in [2.24, 2.45) is 0 Å². The van der Waals surface area contributed by atoms with Gasteiger partial charge in [-0.25, -0.2) is 9.97 Å². The Labute approximate surface area is 161 Å². The van der Waals surface area contributed by atoms with Gasteiger partial charge in [0.25, 0.3) is 0 Å². The Morgan fingerprint density at radius 3 is 2.75 bits per heavy atom. The highest BCUT2D eigenvalue weighted by Crippen LogP contribution is 2.26. The number of morpholine rings is 1. The Morgan fingerprint density at radius 1 is 1.04 bits per heavy atom. The van der Waals surface area contributed by atoms with E-state index in [9.17, 15) is 0 Å². The maximum atomic E-state index is 5.48. The lowest BCUT2D eigenvalue weighted by molar-refractivity contribution is 0.122. The average Bonchev–Trinajstić information content (AvgIpc) is 3.43. The quantitative estimate of drug-likeness (QED) is 0.582. The third kappa shape index (κ3) is 2.89. The molecule has 0 spiro atoms. The molecule has 1 aliphatic heterocycles. The molecule has 9 nitrogen and oxygen atoms in total. The number of pyridine rings is 1. The van der Waals surface area contributed by atoms with E-state index in [-0.39, 0.29) is 0 Å². The summed E-state index contributed by atoms with van der Waals surface area (Å²) in [5, 5.41) is 0.980. The van der Waals surface area contributed by atoms with Crippen molar-refractivity contribution in [3.63, 3.8) is 0 Å². The Bertz CT molecular complexity index is 1110. The number of hydrogen-bond donors (Lipinski definition) is 1. The van der Waals surface area contributed by atoms with Crippen molar-refractivity contribution in [1.82, 2.24) is 34.5 Å². The normalized spacial score (nSPS) is 14.7. The average molecular weight is 376 g/mol. The summed E-state index contributed by atoms with van der Waals surface area (Å²) in [6, 6.07) is 3.93. The van der Waals surface area contributed by atoms with Gasteiger partial charge in [-0.1, -0.05) is 6.92 Å². The molecule has 0 unspecified atom stereocenters. The largest absolute Gasteiger partial charge is 0.378 e. The van der Waals surface area contributed by atoms with Gasteiger partial charge in [-0.3, -0.25) is 4.57 Å². The van der Waals surface area contributed by atoms with Crippen molar-refractivity contribution in [3.05, 3.63) is 42.7 Å². The number of nitrogens with one attached hydrogen (secondary N) is 1. The van der Waals surface area contributed by atoms with Gasteiger partial charge in [0.1, 0.15) is 11.5 Å². The number of ether oxygens (including phenoxy) is 1. The van der Waals surface area contributed by atoms with Crippen LogP contribution in [0, 0.1) is 0 Å². The molecule has 0 bridgehead atoms. The third-order valence-corrected chi connectivity index (χ3v) is 4.86. The first-order valence-corrected chi connectivity index (χ1v) is 9.37. The van der Waals surface area contributed by atoms with Crippen LogP contribution in [0.15, 0.2) is 36.9 Å². The van der Waals surface area contributed by atoms with Gasteiger partial charge >= 0.3 is 0 Å². The van der Waals surface area contributed by atoms with Gasteiger partial charge in [0.05, 0.1) is 13.2 Å². The number of anilines is 1. The molecule has 0 atom stereocenters. The lowest BCUT2D eigenvalue weighted by atomic mass is 10.2. The number of fused-ring (bicyclic) bond motifs is 1. The van der Waals surface area contributed by atoms with Crippen LogP contribution in [0.3, 0.4) is 0 Å². The van der Waals surface area contributed by atoms with Crippen LogP contribution in [0.4, 0.5) is 5.95 Å². The fourth-order valence-electron chi connectivity index (χ4n) is 3.42. The molecule has 1 N–H and O–H groups in total. The lowest BCUT2D eigenvalue weighted by Crippen LogP contribution is -2.37. The molecule has 1 aliphatic rings. The Kier molecular flexibility index (Phi) is 4.21. The Hall–Kier alpha value is -3.33. The zero-order valence-electron chi connectivity index (χ0n) is 15.5. The molecule has 0 aliphatic carbocycles. The molecule has 4 aromatic heterocycles. The van der Waals surface area contributed by atoms with E-state index < -0.39 is 0 Å². The third-order valence-electron chi connectivity index (χ3n) is 4.86. The fourth-order valence-corrected chi connectivity index (χ4v) is 3.42. The van der Waals surface area contributed by atoms with Crippen LogP contribution in [-0.4, -0.2) is 60.8 Å². The molecule has 28 heavy (non-hydrogen) atoms. The monoisotopic (exact) mass is 376 g/mol. The van der Waals surface area contributed by atoms with E-state index in [0.717, 1.165) is 41.9 Å². The summed E-state index contributed by atoms with van der Waals surface area (Å²) in [6.45, 7) is 4.90. The molecule has 5 heterocycles. The number of hydrogen-bond acceptors (Lipinski definition) is 7. The summed E-state index contributed by atoms with van der Waals surface area (Å²) in [6.07, 6.45) is 8.09. The van der Waals surface area contributed by atoms with Crippen molar-refractivity contribution in [3.8, 4) is 17.3 Å². The second-order valence-electron chi connectivity index (χ2n) is 6.52. The van der Waals surface area contributed by atoms with Gasteiger partial charge < -0.3 is 14.6 Å². The van der Waals surface area contributed by atoms with Crippen LogP contribution in [0.2, 0.25) is 0 Å². The molecule has 142 valence electrons. The molecular formula is C19H20N8O. The number of H-pyrrole nitrogens is 1. The molecule has 0 aromatic carbocycles. The predicted molar refractivity (Wildman–Crippen MR) is 104 cm³/mol. The first-order chi connectivity index (χ1) is 13.8. The lowest BCUT2D eigenvalue weighted by Gasteiger charge is -2.27. The van der Waals surface area contributed by atoms with Gasteiger partial charge in [-0.2, -0.15) is 15.0 Å². The smallest absolute Gasteiger partial charge is 0.240 e. The van der Waals surface area contributed by atoms with E-state index in [1.165, 1.54) is 0 Å².